The maximum Gasteiger partial charge on any atom is 0.180 e. The summed E-state index contributed by atoms with van der Waals surface area (Å²) in [4.78, 5) is 11.9. The highest BCUT2D eigenvalue weighted by Gasteiger charge is 2.06. The Morgan fingerprint density at radius 2 is 2.25 bits per heavy atom. The lowest BCUT2D eigenvalue weighted by molar-refractivity contribution is 0.318. The Balaban J connectivity index is 1.91. The molecule has 0 bridgehead atoms. The minimum atomic E-state index is 0.632. The van der Waals surface area contributed by atoms with Gasteiger partial charge in [-0.2, -0.15) is 0 Å². The van der Waals surface area contributed by atoms with Crippen molar-refractivity contribution < 1.29 is 0 Å². The van der Waals surface area contributed by atoms with E-state index in [1.165, 1.54) is 16.2 Å². The summed E-state index contributed by atoms with van der Waals surface area (Å²) in [6.45, 7) is 3.76. The molecule has 0 saturated heterocycles. The van der Waals surface area contributed by atoms with Gasteiger partial charge < -0.3 is 5.73 Å². The molecule has 0 aromatic carbocycles. The van der Waals surface area contributed by atoms with Crippen molar-refractivity contribution in [1.29, 1.82) is 0 Å². The second kappa shape index (κ2) is 4.90. The topological polar surface area (TPSA) is 55.0 Å². The van der Waals surface area contributed by atoms with Gasteiger partial charge in [-0.3, -0.25) is 4.90 Å². The Hall–Kier alpha value is -0.980. The minimum absolute atomic E-state index is 0.632. The molecule has 0 atom stereocenters. The number of aromatic nitrogens is 2. The molecule has 0 aliphatic carbocycles. The number of rotatable bonds is 4. The van der Waals surface area contributed by atoms with Gasteiger partial charge in [0, 0.05) is 29.5 Å². The molecule has 0 aliphatic heterocycles. The van der Waals surface area contributed by atoms with Crippen LogP contribution in [-0.2, 0) is 13.1 Å². The summed E-state index contributed by atoms with van der Waals surface area (Å²) in [5.74, 6) is 0. The zero-order valence-electron chi connectivity index (χ0n) is 9.30. The van der Waals surface area contributed by atoms with Crippen molar-refractivity contribution in [3.63, 3.8) is 0 Å². The summed E-state index contributed by atoms with van der Waals surface area (Å²) in [5.41, 5.74) is 6.72. The third-order valence-corrected chi connectivity index (χ3v) is 3.73. The van der Waals surface area contributed by atoms with Gasteiger partial charge in [-0.1, -0.05) is 0 Å². The van der Waals surface area contributed by atoms with Crippen LogP contribution >= 0.6 is 22.7 Å². The first-order chi connectivity index (χ1) is 7.63. The van der Waals surface area contributed by atoms with Gasteiger partial charge >= 0.3 is 0 Å². The smallest absolute Gasteiger partial charge is 0.180 e. The largest absolute Gasteiger partial charge is 0.375 e. The van der Waals surface area contributed by atoms with Crippen molar-refractivity contribution in [2.75, 3.05) is 12.8 Å². The van der Waals surface area contributed by atoms with Crippen LogP contribution in [0.4, 0.5) is 5.13 Å². The quantitative estimate of drug-likeness (QED) is 0.908. The van der Waals surface area contributed by atoms with Crippen LogP contribution < -0.4 is 5.73 Å². The number of hydrogen-bond acceptors (Lipinski definition) is 6. The molecular weight excluding hydrogens is 240 g/mol. The van der Waals surface area contributed by atoms with Crippen LogP contribution in [0.1, 0.15) is 15.6 Å². The summed E-state index contributed by atoms with van der Waals surface area (Å²) >= 11 is 3.23. The fourth-order valence-corrected chi connectivity index (χ4v) is 2.84. The van der Waals surface area contributed by atoms with Gasteiger partial charge in [-0.05, 0) is 14.0 Å². The van der Waals surface area contributed by atoms with Crippen LogP contribution in [0.3, 0.4) is 0 Å². The zero-order chi connectivity index (χ0) is 11.5. The minimum Gasteiger partial charge on any atom is -0.375 e. The highest BCUT2D eigenvalue weighted by atomic mass is 32.1. The average Bonchev–Trinajstić information content (AvgIpc) is 2.76. The van der Waals surface area contributed by atoms with E-state index >= 15 is 0 Å². The standard InChI is InChI=1S/C10H14N4S2/c1-7-13-8(6-15-7)4-14(2)5-9-3-12-10(11)16-9/h3,6H,4-5H2,1-2H3,(H2,11,12). The van der Waals surface area contributed by atoms with E-state index in [-0.39, 0.29) is 0 Å². The normalized spacial score (nSPS) is 11.2. The second-order valence-electron chi connectivity index (χ2n) is 3.69. The molecule has 4 nitrogen and oxygen atoms in total. The number of nitrogens with two attached hydrogens (primary N) is 1. The van der Waals surface area contributed by atoms with Crippen molar-refractivity contribution in [3.05, 3.63) is 27.2 Å². The molecule has 0 unspecified atom stereocenters. The SMILES string of the molecule is Cc1nc(CN(C)Cc2cnc(N)s2)cs1. The van der Waals surface area contributed by atoms with Crippen LogP contribution in [0.5, 0.6) is 0 Å². The second-order valence-corrected chi connectivity index (χ2v) is 5.90. The van der Waals surface area contributed by atoms with Crippen molar-refractivity contribution in [3.8, 4) is 0 Å². The lowest BCUT2D eigenvalue weighted by Crippen LogP contribution is -2.16. The molecule has 2 aromatic rings. The summed E-state index contributed by atoms with van der Waals surface area (Å²) in [5, 5.41) is 3.85. The van der Waals surface area contributed by atoms with E-state index in [0.717, 1.165) is 23.8 Å². The van der Waals surface area contributed by atoms with Crippen molar-refractivity contribution in [2.24, 2.45) is 0 Å². The number of anilines is 1. The first-order valence-electron chi connectivity index (χ1n) is 4.93. The van der Waals surface area contributed by atoms with Crippen LogP contribution in [0.2, 0.25) is 0 Å². The third kappa shape index (κ3) is 3.01. The number of nitrogens with zero attached hydrogens (tertiary/aromatic N) is 3. The molecule has 2 aromatic heterocycles. The van der Waals surface area contributed by atoms with E-state index in [4.69, 9.17) is 5.73 Å². The summed E-state index contributed by atoms with van der Waals surface area (Å²) < 4.78 is 0. The van der Waals surface area contributed by atoms with Crippen molar-refractivity contribution in [2.45, 2.75) is 20.0 Å². The van der Waals surface area contributed by atoms with Crippen LogP contribution in [-0.4, -0.2) is 21.9 Å². The van der Waals surface area contributed by atoms with Gasteiger partial charge in [-0.25, -0.2) is 9.97 Å². The predicted octanol–water partition coefficient (Wildman–Crippen LogP) is 2.12. The summed E-state index contributed by atoms with van der Waals surface area (Å²) in [7, 11) is 2.07. The lowest BCUT2D eigenvalue weighted by Gasteiger charge is -2.13. The lowest BCUT2D eigenvalue weighted by atomic mass is 10.4. The fraction of sp³-hybridized carbons (Fsp3) is 0.400. The molecule has 2 rings (SSSR count). The third-order valence-electron chi connectivity index (χ3n) is 2.10. The number of aryl methyl sites for hydroxylation is 1. The summed E-state index contributed by atoms with van der Waals surface area (Å²) in [6.07, 6.45) is 1.84. The molecule has 2 heterocycles. The molecule has 86 valence electrons. The van der Waals surface area contributed by atoms with E-state index in [1.807, 2.05) is 13.1 Å². The number of thiazole rings is 2. The molecule has 0 spiro atoms. The Morgan fingerprint density at radius 1 is 1.44 bits per heavy atom. The van der Waals surface area contributed by atoms with Crippen LogP contribution in [0, 0.1) is 6.92 Å². The molecule has 2 N–H and O–H groups in total. The Kier molecular flexibility index (Phi) is 3.52. The molecule has 0 amide bonds. The molecule has 0 radical (unpaired) electrons. The summed E-state index contributed by atoms with van der Waals surface area (Å²) in [6, 6.07) is 0. The Labute approximate surface area is 103 Å². The molecule has 16 heavy (non-hydrogen) atoms. The first-order valence-corrected chi connectivity index (χ1v) is 6.63. The first kappa shape index (κ1) is 11.5. The molecule has 0 fully saturated rings. The van der Waals surface area contributed by atoms with Gasteiger partial charge in [-0.15, -0.1) is 22.7 Å². The van der Waals surface area contributed by atoms with Gasteiger partial charge in [0.1, 0.15) is 0 Å². The van der Waals surface area contributed by atoms with E-state index in [1.54, 1.807) is 11.3 Å². The van der Waals surface area contributed by atoms with Gasteiger partial charge in [0.15, 0.2) is 5.13 Å². The Morgan fingerprint density at radius 3 is 2.81 bits per heavy atom. The highest BCUT2D eigenvalue weighted by Crippen LogP contribution is 2.17. The van der Waals surface area contributed by atoms with Crippen molar-refractivity contribution in [1.82, 2.24) is 14.9 Å². The van der Waals surface area contributed by atoms with E-state index < -0.39 is 0 Å². The molecule has 0 saturated carbocycles. The van der Waals surface area contributed by atoms with Gasteiger partial charge in [0.2, 0.25) is 0 Å². The number of hydrogen-bond donors (Lipinski definition) is 1. The maximum atomic E-state index is 5.59. The highest BCUT2D eigenvalue weighted by molar-refractivity contribution is 7.15. The molecule has 0 aliphatic rings. The Bertz CT molecular complexity index is 421. The monoisotopic (exact) mass is 254 g/mol. The van der Waals surface area contributed by atoms with Crippen molar-refractivity contribution >= 4 is 27.8 Å². The zero-order valence-corrected chi connectivity index (χ0v) is 10.9. The maximum absolute atomic E-state index is 5.59. The van der Waals surface area contributed by atoms with Gasteiger partial charge in [0.25, 0.3) is 0 Å². The van der Waals surface area contributed by atoms with E-state index in [2.05, 4.69) is 27.3 Å². The molecule has 6 heteroatoms. The predicted molar refractivity (Wildman–Crippen MR) is 68.5 cm³/mol. The fourth-order valence-electron chi connectivity index (χ4n) is 1.48. The number of nitrogen functional groups attached to an aromatic ring is 1. The van der Waals surface area contributed by atoms with E-state index in [9.17, 15) is 0 Å². The van der Waals surface area contributed by atoms with Crippen LogP contribution in [0.15, 0.2) is 11.6 Å². The van der Waals surface area contributed by atoms with Gasteiger partial charge in [0.05, 0.1) is 10.7 Å². The average molecular weight is 254 g/mol. The molecular formula is C10H14N4S2. The van der Waals surface area contributed by atoms with Crippen LogP contribution in [0.25, 0.3) is 0 Å². The van der Waals surface area contributed by atoms with E-state index in [0.29, 0.717) is 5.13 Å².